The van der Waals surface area contributed by atoms with Crippen LogP contribution in [0.3, 0.4) is 0 Å². The van der Waals surface area contributed by atoms with Gasteiger partial charge in [-0.1, -0.05) is 0 Å². The fourth-order valence-corrected chi connectivity index (χ4v) is 0. The van der Waals surface area contributed by atoms with Gasteiger partial charge in [-0.05, 0) is 6.92 Å². The maximum Gasteiger partial charge on any atom is 0.214 e. The van der Waals surface area contributed by atoms with Crippen LogP contribution in [0.5, 0.6) is 0 Å². The maximum absolute atomic E-state index is 9.76. The van der Waals surface area contributed by atoms with Crippen LogP contribution >= 0.6 is 12.6 Å². The fourth-order valence-electron chi connectivity index (χ4n) is 0. The number of rotatable bonds is 1. The van der Waals surface area contributed by atoms with Gasteiger partial charge in [0.05, 0.1) is 0 Å². The molecular weight excluding hydrogens is 164 g/mol. The van der Waals surface area contributed by atoms with Gasteiger partial charge in [-0.15, -0.1) is 12.6 Å². The fraction of sp³-hybridized carbons (Fsp3) is 0.667. The topological polar surface area (TPSA) is 37.3 Å². The van der Waals surface area contributed by atoms with Crippen LogP contribution in [0.1, 0.15) is 6.92 Å². The quantitative estimate of drug-likeness (QED) is 0.422. The van der Waals surface area contributed by atoms with Crippen molar-refractivity contribution < 1.29 is 27.0 Å². The number of hydrogen-bond acceptors (Lipinski definition) is 2. The van der Waals surface area contributed by atoms with Crippen LogP contribution in [-0.2, 0) is 21.9 Å². The van der Waals surface area contributed by atoms with E-state index in [4.69, 9.17) is 5.11 Å². The van der Waals surface area contributed by atoms with Gasteiger partial charge in [0, 0.05) is 17.1 Å². The van der Waals surface area contributed by atoms with Crippen LogP contribution in [-0.4, -0.2) is 16.3 Å². The molecule has 0 heterocycles. The van der Waals surface area contributed by atoms with Crippen molar-refractivity contribution >= 4 is 17.7 Å². The predicted molar refractivity (Wildman–Crippen MR) is 25.7 cm³/mol. The number of aliphatic hydroxyl groups is 1. The van der Waals surface area contributed by atoms with Crippen LogP contribution < -0.4 is 0 Å². The number of carbonyl (C=O) groups is 1. The maximum atomic E-state index is 9.76. The summed E-state index contributed by atoms with van der Waals surface area (Å²) in [6, 6.07) is 0. The smallest absolute Gasteiger partial charge is 0.214 e. The van der Waals surface area contributed by atoms with Crippen LogP contribution in [0.25, 0.3) is 0 Å². The summed E-state index contributed by atoms with van der Waals surface area (Å²) in [5.41, 5.74) is 0. The van der Waals surface area contributed by atoms with E-state index in [1.807, 2.05) is 0 Å². The largest absolute Gasteiger partial charge is 0.385 e. The summed E-state index contributed by atoms with van der Waals surface area (Å²) in [6.45, 7) is 1.37. The van der Waals surface area contributed by atoms with E-state index in [0.29, 0.717) is 0 Å². The molecule has 2 nitrogen and oxygen atoms in total. The molecule has 1 radical (unpaired) electrons. The van der Waals surface area contributed by atoms with Crippen molar-refractivity contribution in [3.05, 3.63) is 0 Å². The number of hydrogen-bond donors (Lipinski definition) is 2. The van der Waals surface area contributed by atoms with Gasteiger partial charge in [-0.2, -0.15) is 0 Å². The SMILES string of the molecule is CC(O)C(=O)S.[Cu]. The van der Waals surface area contributed by atoms with Gasteiger partial charge >= 0.3 is 0 Å². The standard InChI is InChI=1S/C3H6O2S.Cu/c1-2(4)3(5)6;/h2,4H,1H3,(H,5,6);. The molecule has 0 aliphatic carbocycles. The summed E-state index contributed by atoms with van der Waals surface area (Å²) in [4.78, 5) is 9.76. The number of thiol groups is 1. The molecule has 0 aliphatic heterocycles. The molecule has 7 heavy (non-hydrogen) atoms. The zero-order valence-corrected chi connectivity index (χ0v) is 5.52. The minimum Gasteiger partial charge on any atom is -0.385 e. The Morgan fingerprint density at radius 1 is 1.86 bits per heavy atom. The van der Waals surface area contributed by atoms with E-state index in [-0.39, 0.29) is 17.1 Å². The summed E-state index contributed by atoms with van der Waals surface area (Å²) >= 11 is 3.30. The van der Waals surface area contributed by atoms with Crippen molar-refractivity contribution in [1.82, 2.24) is 0 Å². The van der Waals surface area contributed by atoms with E-state index in [9.17, 15) is 4.79 Å². The number of carbonyl (C=O) groups excluding carboxylic acids is 1. The molecule has 0 aliphatic rings. The molecule has 1 atom stereocenters. The number of aliphatic hydroxyl groups excluding tert-OH is 1. The van der Waals surface area contributed by atoms with E-state index in [0.717, 1.165) is 0 Å². The third-order valence-electron chi connectivity index (χ3n) is 0.357. The van der Waals surface area contributed by atoms with E-state index in [1.165, 1.54) is 6.92 Å². The molecular formula is C3H6CuO2S. The summed E-state index contributed by atoms with van der Waals surface area (Å²) in [5.74, 6) is 0. The Morgan fingerprint density at radius 2 is 2.00 bits per heavy atom. The molecule has 0 saturated heterocycles. The first-order valence-electron chi connectivity index (χ1n) is 1.55. The summed E-state index contributed by atoms with van der Waals surface area (Å²) in [5, 5.41) is 7.71. The van der Waals surface area contributed by atoms with Gasteiger partial charge in [0.2, 0.25) is 5.12 Å². The average Bonchev–Trinajstić information content (AvgIpc) is 1.36. The molecule has 4 heteroatoms. The molecule has 0 aromatic carbocycles. The predicted octanol–water partition coefficient (Wildman–Crippen LogP) is -0.179. The van der Waals surface area contributed by atoms with E-state index in [1.54, 1.807) is 0 Å². The molecule has 0 aromatic heterocycles. The monoisotopic (exact) mass is 169 g/mol. The van der Waals surface area contributed by atoms with E-state index < -0.39 is 11.2 Å². The first kappa shape index (κ1) is 10.5. The second kappa shape index (κ2) is 4.65. The van der Waals surface area contributed by atoms with Crippen LogP contribution in [0.2, 0.25) is 0 Å². The van der Waals surface area contributed by atoms with Crippen molar-refractivity contribution in [2.75, 3.05) is 0 Å². The van der Waals surface area contributed by atoms with Crippen LogP contribution in [0, 0.1) is 0 Å². The Morgan fingerprint density at radius 3 is 2.00 bits per heavy atom. The Labute approximate surface area is 58.2 Å². The normalized spacial score (nSPS) is 11.9. The van der Waals surface area contributed by atoms with Crippen molar-refractivity contribution in [3.8, 4) is 0 Å². The molecule has 0 amide bonds. The second-order valence-corrected chi connectivity index (χ2v) is 1.45. The minimum absolute atomic E-state index is 0. The molecule has 0 spiro atoms. The van der Waals surface area contributed by atoms with Crippen LogP contribution in [0.15, 0.2) is 0 Å². The van der Waals surface area contributed by atoms with Gasteiger partial charge in [-0.3, -0.25) is 4.79 Å². The van der Waals surface area contributed by atoms with Gasteiger partial charge in [0.15, 0.2) is 0 Å². The first-order valence-corrected chi connectivity index (χ1v) is 2.00. The molecule has 0 saturated carbocycles. The zero-order chi connectivity index (χ0) is 5.15. The third-order valence-corrected chi connectivity index (χ3v) is 0.731. The van der Waals surface area contributed by atoms with Gasteiger partial charge in [0.25, 0.3) is 0 Å². The summed E-state index contributed by atoms with van der Waals surface area (Å²) < 4.78 is 0. The molecule has 1 unspecified atom stereocenters. The Kier molecular flexibility index (Phi) is 6.96. The first-order chi connectivity index (χ1) is 2.64. The summed E-state index contributed by atoms with van der Waals surface area (Å²) in [7, 11) is 0. The average molecular weight is 170 g/mol. The van der Waals surface area contributed by atoms with E-state index in [2.05, 4.69) is 12.6 Å². The van der Waals surface area contributed by atoms with Crippen molar-refractivity contribution in [2.45, 2.75) is 13.0 Å². The summed E-state index contributed by atoms with van der Waals surface area (Å²) in [6.07, 6.45) is -0.923. The Hall–Kier alpha value is 0.499. The molecule has 1 N–H and O–H groups in total. The Bertz CT molecular complexity index is 64.0. The molecule has 0 bridgehead atoms. The van der Waals surface area contributed by atoms with Crippen molar-refractivity contribution in [1.29, 1.82) is 0 Å². The zero-order valence-electron chi connectivity index (χ0n) is 3.68. The molecule has 0 rings (SSSR count). The second-order valence-electron chi connectivity index (χ2n) is 1.01. The van der Waals surface area contributed by atoms with Crippen molar-refractivity contribution in [2.24, 2.45) is 0 Å². The Balaban J connectivity index is 0. The molecule has 0 aromatic rings. The minimum atomic E-state index is -0.923. The van der Waals surface area contributed by atoms with Gasteiger partial charge in [0.1, 0.15) is 6.10 Å². The van der Waals surface area contributed by atoms with Crippen LogP contribution in [0.4, 0.5) is 0 Å². The molecule has 47 valence electrons. The van der Waals surface area contributed by atoms with Crippen molar-refractivity contribution in [3.63, 3.8) is 0 Å². The van der Waals surface area contributed by atoms with Gasteiger partial charge in [-0.25, -0.2) is 0 Å². The van der Waals surface area contributed by atoms with Gasteiger partial charge < -0.3 is 5.11 Å². The molecule has 0 fully saturated rings. The third kappa shape index (κ3) is 6.50. The van der Waals surface area contributed by atoms with E-state index >= 15 is 0 Å².